The van der Waals surface area contributed by atoms with E-state index < -0.39 is 31.4 Å². The normalized spacial score (nSPS) is 19.0. The van der Waals surface area contributed by atoms with E-state index in [9.17, 15) is 33.4 Å². The van der Waals surface area contributed by atoms with Crippen LogP contribution in [0.1, 0.15) is 98.0 Å². The second kappa shape index (κ2) is 31.5. The van der Waals surface area contributed by atoms with Crippen molar-refractivity contribution in [1.29, 1.82) is 5.26 Å². The van der Waals surface area contributed by atoms with E-state index in [4.69, 9.17) is 35.8 Å². The Kier molecular flexibility index (Phi) is 22.0. The second-order valence-corrected chi connectivity index (χ2v) is 30.7. The number of benzene rings is 5. The summed E-state index contributed by atoms with van der Waals surface area (Å²) in [5, 5.41) is 28.7. The van der Waals surface area contributed by atoms with Gasteiger partial charge >= 0.3 is 6.01 Å². The Morgan fingerprint density at radius 2 is 1.68 bits per heavy atom. The SMILES string of the molecule is C=CC(=O)N1CCN(c2nc(OCC3CCCN3C)nc3c2CCN(c2cccc4cccc(C)c24)C3)CC1CC#N.CC1(C)CCC(CN2CCN(c3ccc(C(=O)NS(=O)(=O)c4ccc(NCC5CCOCC5)c([N+](=O)[O-])c4)c(Oc4cnc5[nH]ccc5c4)c3)CC2)=C(c2ccc(Cl)cc2)C1. The lowest BCUT2D eigenvalue weighted by molar-refractivity contribution is -0.384. The van der Waals surface area contributed by atoms with Gasteiger partial charge in [0.15, 0.2) is 0 Å². The molecule has 5 aliphatic heterocycles. The number of carbonyl (C=O) groups is 2. The molecule has 2 atom stereocenters. The number of nitrogens with zero attached hydrogens (tertiary/aromatic N) is 11. The molecule has 103 heavy (non-hydrogen) atoms. The molecule has 14 rings (SSSR count). The third-order valence-corrected chi connectivity index (χ3v) is 22.6. The van der Waals surface area contributed by atoms with Crippen molar-refractivity contribution in [2.45, 2.75) is 102 Å². The molecule has 3 aromatic heterocycles. The largest absolute Gasteiger partial charge is 0.462 e. The number of fused-ring (bicyclic) bond motifs is 3. The first-order valence-corrected chi connectivity index (χ1v) is 37.5. The van der Waals surface area contributed by atoms with Gasteiger partial charge in [-0.3, -0.25) is 24.6 Å². The minimum absolute atomic E-state index is 0.0359. The Labute approximate surface area is 606 Å². The quantitative estimate of drug-likeness (QED) is 0.0364. The molecular formula is C78H89ClN14O9S. The van der Waals surface area contributed by atoms with E-state index in [1.807, 2.05) is 18.2 Å². The Morgan fingerprint density at radius 1 is 0.893 bits per heavy atom. The molecule has 2 amide bonds. The molecule has 0 spiro atoms. The zero-order valence-corrected chi connectivity index (χ0v) is 60.5. The molecule has 25 heteroatoms. The summed E-state index contributed by atoms with van der Waals surface area (Å²) >= 11 is 6.24. The first kappa shape index (κ1) is 71.7. The number of rotatable bonds is 20. The van der Waals surface area contributed by atoms with Crippen LogP contribution in [0.15, 0.2) is 145 Å². The molecule has 1 aliphatic carbocycles. The number of aryl methyl sites for hydroxylation is 1. The van der Waals surface area contributed by atoms with Crippen molar-refractivity contribution < 1.29 is 37.1 Å². The predicted molar refractivity (Wildman–Crippen MR) is 402 cm³/mol. The number of ether oxygens (including phenoxy) is 3. The molecule has 0 saturated carbocycles. The number of aromatic nitrogens is 4. The van der Waals surface area contributed by atoms with Gasteiger partial charge in [-0.1, -0.05) is 80.1 Å². The maximum Gasteiger partial charge on any atom is 0.318 e. The Hall–Kier alpha value is -9.64. The lowest BCUT2D eigenvalue weighted by Crippen LogP contribution is -2.55. The van der Waals surface area contributed by atoms with Crippen LogP contribution in [0.3, 0.4) is 0 Å². The van der Waals surface area contributed by atoms with E-state index in [2.05, 4.69) is 134 Å². The number of nitro benzene ring substituents is 1. The van der Waals surface area contributed by atoms with Gasteiger partial charge in [-0.05, 0) is 166 Å². The van der Waals surface area contributed by atoms with Crippen LogP contribution >= 0.6 is 11.6 Å². The number of nitriles is 1. The highest BCUT2D eigenvalue weighted by molar-refractivity contribution is 7.90. The summed E-state index contributed by atoms with van der Waals surface area (Å²) in [6, 6.07) is 36.2. The number of hydrogen-bond acceptors (Lipinski definition) is 19. The van der Waals surface area contributed by atoms with E-state index in [1.165, 1.54) is 69.6 Å². The first-order valence-electron chi connectivity index (χ1n) is 35.6. The third-order valence-electron chi connectivity index (χ3n) is 21.1. The maximum atomic E-state index is 13.9. The molecule has 8 aromatic rings. The monoisotopic (exact) mass is 1430 g/mol. The van der Waals surface area contributed by atoms with Crippen molar-refractivity contribution in [3.8, 4) is 23.6 Å². The van der Waals surface area contributed by atoms with Gasteiger partial charge in [0, 0.05) is 136 Å². The number of nitro groups is 1. The highest BCUT2D eigenvalue weighted by Crippen LogP contribution is 2.44. The van der Waals surface area contributed by atoms with Crippen LogP contribution in [-0.4, -0.2) is 171 Å². The molecule has 0 radical (unpaired) electrons. The standard InChI is InChI=1S/C45H50ClN7O7S.C33H39N7O2/c1-45(2)15-11-33(39(26-45)31-3-5-34(46)6-4-31)29-51-17-19-52(20-18-51)35-7-9-38(42(24-35)60-36-23-32-12-16-47-43(32)49-28-36)44(54)50-61(57,58)37-8-10-40(41(25-37)53(55)56)48-27-30-13-21-59-22-14-30;1-4-30(41)40-19-18-39(20-25(40)13-15-34)32-27-14-17-38(29-12-6-10-24-9-5-8-23(2)31(24)29)21-28(27)35-33(36-32)42-22-26-11-7-16-37(26)3/h3-10,12,16,23-25,28,30,48H,11,13-15,17-22,26-27,29H2,1-2H3,(H,47,49)(H,50,54);4-6,8-10,12,25-26H,1,7,11,13-14,16-22H2,2-3H3. The van der Waals surface area contributed by atoms with Gasteiger partial charge in [0.25, 0.3) is 21.6 Å². The molecule has 2 unspecified atom stereocenters. The Bertz CT molecular complexity index is 4660. The first-order chi connectivity index (χ1) is 49.8. The Balaban J connectivity index is 0.000000196. The zero-order valence-electron chi connectivity index (χ0n) is 58.9. The number of anilines is 4. The van der Waals surface area contributed by atoms with E-state index in [0.29, 0.717) is 76.0 Å². The summed E-state index contributed by atoms with van der Waals surface area (Å²) < 4.78 is 47.5. The number of allylic oxidation sites excluding steroid dienone is 1. The van der Waals surface area contributed by atoms with Crippen LogP contribution in [0.4, 0.5) is 28.6 Å². The number of pyridine rings is 1. The van der Waals surface area contributed by atoms with Crippen molar-refractivity contribution in [2.24, 2.45) is 11.3 Å². The van der Waals surface area contributed by atoms with Crippen molar-refractivity contribution in [3.05, 3.63) is 183 Å². The number of likely N-dealkylation sites (N-methyl/N-ethyl adjacent to an activating group) is 1. The van der Waals surface area contributed by atoms with Crippen LogP contribution in [-0.2, 0) is 32.5 Å². The van der Waals surface area contributed by atoms with E-state index >= 15 is 0 Å². The number of likely N-dealkylation sites (tertiary alicyclic amines) is 1. The summed E-state index contributed by atoms with van der Waals surface area (Å²) in [4.78, 5) is 68.4. The maximum absolute atomic E-state index is 13.9. The number of aromatic amines is 1. The molecule has 538 valence electrons. The molecular weight excluding hydrogens is 1340 g/mol. The molecule has 6 aliphatic rings. The van der Waals surface area contributed by atoms with Crippen LogP contribution in [0.2, 0.25) is 5.02 Å². The highest BCUT2D eigenvalue weighted by Gasteiger charge is 2.36. The zero-order chi connectivity index (χ0) is 71.9. The van der Waals surface area contributed by atoms with Gasteiger partial charge in [0.05, 0.1) is 52.3 Å². The summed E-state index contributed by atoms with van der Waals surface area (Å²) in [5.74, 6) is 0.543. The number of carbonyl (C=O) groups excluding carboxylic acids is 2. The fraction of sp³-hybridized carbons (Fsp3) is 0.410. The number of sulfonamides is 1. The van der Waals surface area contributed by atoms with Gasteiger partial charge < -0.3 is 49.0 Å². The predicted octanol–water partition coefficient (Wildman–Crippen LogP) is 12.8. The molecule has 5 aromatic carbocycles. The van der Waals surface area contributed by atoms with E-state index in [1.54, 1.807) is 35.4 Å². The van der Waals surface area contributed by atoms with Crippen LogP contribution in [0.25, 0.3) is 27.4 Å². The summed E-state index contributed by atoms with van der Waals surface area (Å²) in [6.07, 6.45) is 12.8. The molecule has 4 fully saturated rings. The van der Waals surface area contributed by atoms with Crippen LogP contribution in [0.5, 0.6) is 17.5 Å². The number of nitrogens with one attached hydrogen (secondary N) is 3. The number of hydrogen-bond donors (Lipinski definition) is 3. The second-order valence-electron chi connectivity index (χ2n) is 28.5. The lowest BCUT2D eigenvalue weighted by Gasteiger charge is -2.42. The van der Waals surface area contributed by atoms with E-state index in [-0.39, 0.29) is 46.7 Å². The average Bonchev–Trinajstić information content (AvgIpc) is 1.11. The number of piperazine rings is 2. The molecule has 4 saturated heterocycles. The van der Waals surface area contributed by atoms with Crippen molar-refractivity contribution in [1.82, 2.24) is 39.4 Å². The molecule has 0 bridgehead atoms. The highest BCUT2D eigenvalue weighted by atomic mass is 35.5. The van der Waals surface area contributed by atoms with Crippen LogP contribution < -0.4 is 34.2 Å². The van der Waals surface area contributed by atoms with Crippen LogP contribution in [0, 0.1) is 39.7 Å². The van der Waals surface area contributed by atoms with Crippen molar-refractivity contribution in [2.75, 3.05) is 119 Å². The average molecular weight is 1430 g/mol. The minimum atomic E-state index is -4.55. The van der Waals surface area contributed by atoms with Gasteiger partial charge in [0.1, 0.15) is 35.3 Å². The fourth-order valence-electron chi connectivity index (χ4n) is 15.2. The smallest absolute Gasteiger partial charge is 0.318 e. The number of halogens is 1. The topological polar surface area (TPSA) is 261 Å². The molecule has 3 N–H and O–H groups in total. The van der Waals surface area contributed by atoms with Gasteiger partial charge in [-0.15, -0.1) is 0 Å². The lowest BCUT2D eigenvalue weighted by atomic mass is 9.72. The van der Waals surface area contributed by atoms with Gasteiger partial charge in [0.2, 0.25) is 5.91 Å². The Morgan fingerprint density at radius 3 is 2.44 bits per heavy atom. The summed E-state index contributed by atoms with van der Waals surface area (Å²) in [7, 11) is -2.41. The van der Waals surface area contributed by atoms with Crippen molar-refractivity contribution in [3.63, 3.8) is 0 Å². The van der Waals surface area contributed by atoms with E-state index in [0.717, 1.165) is 130 Å². The fourth-order valence-corrected chi connectivity index (χ4v) is 16.3. The molecule has 8 heterocycles. The van der Waals surface area contributed by atoms with Gasteiger partial charge in [-0.25, -0.2) is 18.1 Å². The van der Waals surface area contributed by atoms with Crippen molar-refractivity contribution >= 4 is 89.4 Å². The third kappa shape index (κ3) is 16.7. The number of H-pyrrole nitrogens is 1. The molecule has 23 nitrogen and oxygen atoms in total. The van der Waals surface area contributed by atoms with Gasteiger partial charge in [-0.2, -0.15) is 15.2 Å². The number of amides is 2. The minimum Gasteiger partial charge on any atom is -0.462 e. The summed E-state index contributed by atoms with van der Waals surface area (Å²) in [5.41, 5.74) is 10.1. The summed E-state index contributed by atoms with van der Waals surface area (Å²) in [6.45, 7) is 21.0.